The molecule has 0 nitrogen and oxygen atoms in total. The lowest BCUT2D eigenvalue weighted by atomic mass is 10.1. The Morgan fingerprint density at radius 3 is 1.45 bits per heavy atom. The van der Waals surface area contributed by atoms with Gasteiger partial charge >= 0.3 is 0 Å². The van der Waals surface area contributed by atoms with E-state index in [-0.39, 0.29) is 0 Å². The first-order chi connectivity index (χ1) is 9.72. The molecule has 4 rings (SSSR count). The second kappa shape index (κ2) is 4.08. The van der Waals surface area contributed by atoms with E-state index in [2.05, 4.69) is 74.5 Å². The van der Waals surface area contributed by atoms with Crippen molar-refractivity contribution in [2.45, 2.75) is 13.8 Å². The van der Waals surface area contributed by atoms with E-state index in [1.54, 1.807) is 0 Å². The van der Waals surface area contributed by atoms with Crippen LogP contribution in [0, 0.1) is 10.4 Å². The molecule has 0 aliphatic heterocycles. The highest BCUT2D eigenvalue weighted by Crippen LogP contribution is 2.13. The van der Waals surface area contributed by atoms with Gasteiger partial charge in [0.05, 0.1) is 0 Å². The molecule has 0 fully saturated rings. The highest BCUT2D eigenvalue weighted by Gasteiger charge is 2.05. The van der Waals surface area contributed by atoms with Crippen LogP contribution in [0.1, 0.15) is 25.0 Å². The fourth-order valence-corrected chi connectivity index (χ4v) is 3.24. The van der Waals surface area contributed by atoms with E-state index >= 15 is 0 Å². The fourth-order valence-electron chi connectivity index (χ4n) is 3.24. The summed E-state index contributed by atoms with van der Waals surface area (Å²) in [5, 5.41) is 5.39. The lowest BCUT2D eigenvalue weighted by Gasteiger charge is -1.97. The van der Waals surface area contributed by atoms with Crippen molar-refractivity contribution in [3.8, 4) is 0 Å². The summed E-state index contributed by atoms with van der Waals surface area (Å²) >= 11 is 0. The van der Waals surface area contributed by atoms with Crippen LogP contribution in [0.5, 0.6) is 0 Å². The predicted octanol–water partition coefficient (Wildman–Crippen LogP) is 3.37. The van der Waals surface area contributed by atoms with Gasteiger partial charge < -0.3 is 0 Å². The minimum atomic E-state index is 1.33. The summed E-state index contributed by atoms with van der Waals surface area (Å²) in [6.45, 7) is 4.33. The maximum absolute atomic E-state index is 2.29. The molecule has 20 heavy (non-hydrogen) atoms. The van der Waals surface area contributed by atoms with Crippen LogP contribution in [0.15, 0.2) is 47.5 Å². The normalized spacial score (nSPS) is 16.7. The Labute approximate surface area is 118 Å². The molecule has 0 saturated heterocycles. The molecular formula is C20H16. The van der Waals surface area contributed by atoms with Crippen LogP contribution < -0.4 is 10.4 Å². The average molecular weight is 256 g/mol. The second-order valence-electron chi connectivity index (χ2n) is 5.68. The van der Waals surface area contributed by atoms with E-state index in [0.717, 1.165) is 0 Å². The van der Waals surface area contributed by atoms with E-state index in [1.165, 1.54) is 43.1 Å². The largest absolute Gasteiger partial charge is 0.0610 e. The number of fused-ring (bicyclic) bond motifs is 2. The first-order valence-corrected chi connectivity index (χ1v) is 7.05. The summed E-state index contributed by atoms with van der Waals surface area (Å²) in [7, 11) is 0. The summed E-state index contributed by atoms with van der Waals surface area (Å²) in [5.74, 6) is 0. The van der Waals surface area contributed by atoms with Gasteiger partial charge in [0, 0.05) is 0 Å². The van der Waals surface area contributed by atoms with Gasteiger partial charge in [0.25, 0.3) is 0 Å². The van der Waals surface area contributed by atoms with Gasteiger partial charge in [-0.05, 0) is 57.0 Å². The molecule has 0 amide bonds. The monoisotopic (exact) mass is 256 g/mol. The van der Waals surface area contributed by atoms with Gasteiger partial charge in [0.2, 0.25) is 0 Å². The highest BCUT2D eigenvalue weighted by atomic mass is 14.1. The van der Waals surface area contributed by atoms with E-state index in [4.69, 9.17) is 0 Å². The third-order valence-corrected chi connectivity index (χ3v) is 4.08. The second-order valence-corrected chi connectivity index (χ2v) is 5.68. The molecular weight excluding hydrogens is 240 g/mol. The number of allylic oxidation sites excluding steroid dienone is 2. The maximum atomic E-state index is 2.29. The minimum Gasteiger partial charge on any atom is -0.0610 e. The van der Waals surface area contributed by atoms with Gasteiger partial charge in [-0.1, -0.05) is 60.7 Å². The SMILES string of the molecule is CC1=Cc2cccc(=c3cccc4c3=CC(C)=C4)c2=C1. The van der Waals surface area contributed by atoms with Crippen molar-refractivity contribution in [2.75, 3.05) is 0 Å². The summed E-state index contributed by atoms with van der Waals surface area (Å²) in [6, 6.07) is 13.2. The minimum absolute atomic E-state index is 1.33. The zero-order valence-corrected chi connectivity index (χ0v) is 11.8. The van der Waals surface area contributed by atoms with Crippen molar-refractivity contribution >= 4 is 24.3 Å². The first-order valence-electron chi connectivity index (χ1n) is 7.05. The zero-order chi connectivity index (χ0) is 13.7. The summed E-state index contributed by atoms with van der Waals surface area (Å²) < 4.78 is 0. The van der Waals surface area contributed by atoms with Gasteiger partial charge in [-0.2, -0.15) is 0 Å². The average Bonchev–Trinajstić information content (AvgIpc) is 2.98. The van der Waals surface area contributed by atoms with E-state index in [1.807, 2.05) is 0 Å². The van der Waals surface area contributed by atoms with E-state index in [9.17, 15) is 0 Å². The van der Waals surface area contributed by atoms with Crippen LogP contribution in [0.25, 0.3) is 24.3 Å². The topological polar surface area (TPSA) is 0 Å². The molecule has 2 aliphatic rings. The van der Waals surface area contributed by atoms with Crippen molar-refractivity contribution in [1.29, 1.82) is 0 Å². The molecule has 0 aromatic heterocycles. The molecule has 2 aromatic rings. The van der Waals surface area contributed by atoms with Crippen molar-refractivity contribution in [3.05, 3.63) is 79.5 Å². The first kappa shape index (κ1) is 11.5. The quantitative estimate of drug-likeness (QED) is 0.678. The summed E-state index contributed by atoms with van der Waals surface area (Å²) in [6.07, 6.45) is 9.10. The molecule has 0 radical (unpaired) electrons. The highest BCUT2D eigenvalue weighted by molar-refractivity contribution is 5.73. The molecule has 0 heterocycles. The number of benzene rings is 2. The Hall–Kier alpha value is -2.34. The Kier molecular flexibility index (Phi) is 2.34. The fraction of sp³-hybridized carbons (Fsp3) is 0.100. The summed E-state index contributed by atoms with van der Waals surface area (Å²) in [4.78, 5) is 0. The Morgan fingerprint density at radius 1 is 0.550 bits per heavy atom. The van der Waals surface area contributed by atoms with Gasteiger partial charge in [-0.25, -0.2) is 0 Å². The Morgan fingerprint density at radius 2 is 1.00 bits per heavy atom. The molecule has 0 atom stereocenters. The van der Waals surface area contributed by atoms with Gasteiger partial charge in [0.1, 0.15) is 0 Å². The molecule has 2 aliphatic carbocycles. The van der Waals surface area contributed by atoms with Crippen LogP contribution in [-0.2, 0) is 0 Å². The smallest absolute Gasteiger partial charge is 0.00991 e. The molecule has 0 bridgehead atoms. The zero-order valence-electron chi connectivity index (χ0n) is 11.8. The third-order valence-electron chi connectivity index (χ3n) is 4.08. The van der Waals surface area contributed by atoms with Crippen molar-refractivity contribution in [1.82, 2.24) is 0 Å². The molecule has 0 heteroatoms. The van der Waals surface area contributed by atoms with Crippen LogP contribution in [0.2, 0.25) is 0 Å². The van der Waals surface area contributed by atoms with Crippen LogP contribution in [-0.4, -0.2) is 0 Å². The van der Waals surface area contributed by atoms with Crippen molar-refractivity contribution in [2.24, 2.45) is 0 Å². The van der Waals surface area contributed by atoms with Crippen molar-refractivity contribution < 1.29 is 0 Å². The number of hydrogen-bond acceptors (Lipinski definition) is 0. The predicted molar refractivity (Wildman–Crippen MR) is 86.0 cm³/mol. The van der Waals surface area contributed by atoms with E-state index in [0.29, 0.717) is 0 Å². The van der Waals surface area contributed by atoms with Crippen LogP contribution in [0.4, 0.5) is 0 Å². The van der Waals surface area contributed by atoms with Gasteiger partial charge in [0.15, 0.2) is 0 Å². The third kappa shape index (κ3) is 1.61. The summed E-state index contributed by atoms with van der Waals surface area (Å²) in [5.41, 5.74) is 5.33. The molecule has 2 aromatic carbocycles. The molecule has 0 unspecified atom stereocenters. The standard InChI is InChI=1S/C20H16/c1-13-9-15-5-3-7-17(19(15)11-13)18-8-4-6-16-10-14(2)12-20(16)18/h3-12H,1-2H3. The lowest BCUT2D eigenvalue weighted by molar-refractivity contribution is 1.39. The van der Waals surface area contributed by atoms with Gasteiger partial charge in [-0.3, -0.25) is 0 Å². The van der Waals surface area contributed by atoms with Gasteiger partial charge in [-0.15, -0.1) is 0 Å². The maximum Gasteiger partial charge on any atom is -0.00991 e. The molecule has 0 saturated carbocycles. The number of hydrogen-bond donors (Lipinski definition) is 0. The molecule has 0 N–H and O–H groups in total. The lowest BCUT2D eigenvalue weighted by Crippen LogP contribution is -2.11. The van der Waals surface area contributed by atoms with Crippen molar-refractivity contribution in [3.63, 3.8) is 0 Å². The molecule has 96 valence electrons. The van der Waals surface area contributed by atoms with E-state index < -0.39 is 0 Å². The number of rotatable bonds is 0. The van der Waals surface area contributed by atoms with Crippen LogP contribution >= 0.6 is 0 Å². The Bertz CT molecular complexity index is 915. The van der Waals surface area contributed by atoms with Crippen LogP contribution in [0.3, 0.4) is 0 Å². The molecule has 0 spiro atoms. The Balaban J connectivity index is 2.27.